The van der Waals surface area contributed by atoms with E-state index in [0.29, 0.717) is 5.25 Å². The largest absolute Gasteiger partial charge is 0.175 e. The highest BCUT2D eigenvalue weighted by Gasteiger charge is 2.21. The second-order valence-corrected chi connectivity index (χ2v) is 4.83. The van der Waals surface area contributed by atoms with Crippen molar-refractivity contribution in [1.82, 2.24) is 0 Å². The van der Waals surface area contributed by atoms with E-state index in [1.165, 1.54) is 32.1 Å². The molecular weight excluding hydrogens is 176 g/mol. The normalized spacial score (nSPS) is 33.6. The van der Waals surface area contributed by atoms with Crippen molar-refractivity contribution in [3.63, 3.8) is 0 Å². The van der Waals surface area contributed by atoms with Crippen molar-refractivity contribution in [2.45, 2.75) is 51.2 Å². The average Bonchev–Trinajstić information content (AvgIpc) is 2.16. The van der Waals surface area contributed by atoms with Gasteiger partial charge in [0.1, 0.15) is 0 Å². The molecule has 13 heavy (non-hydrogen) atoms. The third kappa shape index (κ3) is 3.38. The Kier molecular flexibility index (Phi) is 4.93. The summed E-state index contributed by atoms with van der Waals surface area (Å²) in [6, 6.07) is 0. The van der Waals surface area contributed by atoms with Gasteiger partial charge in [0.25, 0.3) is 0 Å². The summed E-state index contributed by atoms with van der Waals surface area (Å²) >= 11 is 4.69. The van der Waals surface area contributed by atoms with Crippen molar-refractivity contribution in [2.75, 3.05) is 0 Å². The minimum absolute atomic E-state index is 0.612. The molecule has 0 heterocycles. The summed E-state index contributed by atoms with van der Waals surface area (Å²) in [5, 5.41) is 0.612. The van der Waals surface area contributed by atoms with Crippen LogP contribution in [0.4, 0.5) is 0 Å². The zero-order valence-electron chi connectivity index (χ0n) is 8.87. The fourth-order valence-corrected chi connectivity index (χ4v) is 2.54. The minimum Gasteiger partial charge on any atom is -0.175 e. The van der Waals surface area contributed by atoms with Crippen LogP contribution in [0, 0.1) is 11.8 Å². The van der Waals surface area contributed by atoms with Gasteiger partial charge in [-0.25, -0.2) is 0 Å². The average molecular weight is 198 g/mol. The third-order valence-electron chi connectivity index (χ3n) is 3.08. The Morgan fingerprint density at radius 3 is 2.62 bits per heavy atom. The SMILES string of the molecule is CCCCC1C=CC(CC)CC1S. The van der Waals surface area contributed by atoms with Gasteiger partial charge in [0.2, 0.25) is 0 Å². The lowest BCUT2D eigenvalue weighted by atomic mass is 9.84. The Balaban J connectivity index is 2.39. The number of allylic oxidation sites excluding steroid dienone is 2. The standard InChI is InChI=1S/C12H22S/c1-3-5-6-11-8-7-10(4-2)9-12(11)13/h7-8,10-13H,3-6,9H2,1-2H3. The van der Waals surface area contributed by atoms with Crippen molar-refractivity contribution < 1.29 is 0 Å². The molecular formula is C12H22S. The molecule has 3 atom stereocenters. The quantitative estimate of drug-likeness (QED) is 0.511. The molecule has 0 aromatic heterocycles. The molecule has 0 bridgehead atoms. The summed E-state index contributed by atoms with van der Waals surface area (Å²) in [7, 11) is 0. The molecule has 0 N–H and O–H groups in total. The van der Waals surface area contributed by atoms with Gasteiger partial charge in [0, 0.05) is 5.25 Å². The predicted molar refractivity (Wildman–Crippen MR) is 63.3 cm³/mol. The monoisotopic (exact) mass is 198 g/mol. The van der Waals surface area contributed by atoms with E-state index in [1.807, 2.05) is 0 Å². The summed E-state index contributed by atoms with van der Waals surface area (Å²) < 4.78 is 0. The van der Waals surface area contributed by atoms with E-state index in [0.717, 1.165) is 11.8 Å². The van der Waals surface area contributed by atoms with Gasteiger partial charge in [0.15, 0.2) is 0 Å². The molecule has 76 valence electrons. The minimum atomic E-state index is 0.612. The fraction of sp³-hybridized carbons (Fsp3) is 0.833. The Morgan fingerprint density at radius 2 is 2.08 bits per heavy atom. The maximum atomic E-state index is 4.69. The van der Waals surface area contributed by atoms with Crippen LogP contribution in [0.3, 0.4) is 0 Å². The molecule has 1 aliphatic rings. The number of hydrogen-bond donors (Lipinski definition) is 1. The first-order chi connectivity index (χ1) is 6.27. The lowest BCUT2D eigenvalue weighted by Gasteiger charge is -2.28. The van der Waals surface area contributed by atoms with E-state index in [4.69, 9.17) is 12.6 Å². The van der Waals surface area contributed by atoms with Gasteiger partial charge in [-0.1, -0.05) is 38.8 Å². The van der Waals surface area contributed by atoms with Crippen LogP contribution in [0.25, 0.3) is 0 Å². The Labute approximate surface area is 88.2 Å². The molecule has 1 rings (SSSR count). The van der Waals surface area contributed by atoms with Gasteiger partial charge >= 0.3 is 0 Å². The zero-order valence-corrected chi connectivity index (χ0v) is 9.76. The first-order valence-electron chi connectivity index (χ1n) is 5.64. The third-order valence-corrected chi connectivity index (χ3v) is 3.68. The van der Waals surface area contributed by atoms with E-state index in [1.54, 1.807) is 0 Å². The Bertz CT molecular complexity index is 163. The zero-order chi connectivity index (χ0) is 9.68. The van der Waals surface area contributed by atoms with Crippen LogP contribution in [0.1, 0.15) is 46.0 Å². The van der Waals surface area contributed by atoms with Gasteiger partial charge in [-0.2, -0.15) is 12.6 Å². The van der Waals surface area contributed by atoms with Gasteiger partial charge < -0.3 is 0 Å². The molecule has 0 fully saturated rings. The number of unbranched alkanes of at least 4 members (excludes halogenated alkanes) is 1. The summed E-state index contributed by atoms with van der Waals surface area (Å²) in [5.74, 6) is 1.53. The van der Waals surface area contributed by atoms with Crippen LogP contribution in [-0.2, 0) is 0 Å². The van der Waals surface area contributed by atoms with Gasteiger partial charge in [-0.15, -0.1) is 0 Å². The van der Waals surface area contributed by atoms with E-state index >= 15 is 0 Å². The summed E-state index contributed by atoms with van der Waals surface area (Å²) in [5.41, 5.74) is 0. The second-order valence-electron chi connectivity index (χ2n) is 4.16. The molecule has 0 aromatic carbocycles. The van der Waals surface area contributed by atoms with Crippen LogP contribution in [0.2, 0.25) is 0 Å². The summed E-state index contributed by atoms with van der Waals surface area (Å²) in [6.45, 7) is 4.52. The number of rotatable bonds is 4. The van der Waals surface area contributed by atoms with Gasteiger partial charge in [-0.05, 0) is 31.1 Å². The molecule has 0 amide bonds. The van der Waals surface area contributed by atoms with Crippen molar-refractivity contribution in [3.8, 4) is 0 Å². The molecule has 0 aliphatic heterocycles. The lowest BCUT2D eigenvalue weighted by Crippen LogP contribution is -2.20. The van der Waals surface area contributed by atoms with Crippen LogP contribution in [0.5, 0.6) is 0 Å². The first kappa shape index (κ1) is 11.2. The molecule has 1 aliphatic carbocycles. The lowest BCUT2D eigenvalue weighted by molar-refractivity contribution is 0.434. The van der Waals surface area contributed by atoms with Crippen LogP contribution in [-0.4, -0.2) is 5.25 Å². The highest BCUT2D eigenvalue weighted by Crippen LogP contribution is 2.31. The van der Waals surface area contributed by atoms with Crippen LogP contribution < -0.4 is 0 Å². The molecule has 1 heteroatoms. The smallest absolute Gasteiger partial charge is 0.00852 e. The van der Waals surface area contributed by atoms with E-state index in [2.05, 4.69) is 26.0 Å². The maximum absolute atomic E-state index is 4.69. The highest BCUT2D eigenvalue weighted by molar-refractivity contribution is 7.81. The molecule has 0 nitrogen and oxygen atoms in total. The van der Waals surface area contributed by atoms with Crippen molar-refractivity contribution in [2.24, 2.45) is 11.8 Å². The number of thiol groups is 1. The van der Waals surface area contributed by atoms with Gasteiger partial charge in [0.05, 0.1) is 0 Å². The number of hydrogen-bond acceptors (Lipinski definition) is 1. The van der Waals surface area contributed by atoms with Crippen molar-refractivity contribution in [1.29, 1.82) is 0 Å². The molecule has 0 radical (unpaired) electrons. The summed E-state index contributed by atoms with van der Waals surface area (Å²) in [4.78, 5) is 0. The van der Waals surface area contributed by atoms with Crippen LogP contribution >= 0.6 is 12.6 Å². The Morgan fingerprint density at radius 1 is 1.31 bits per heavy atom. The highest BCUT2D eigenvalue weighted by atomic mass is 32.1. The van der Waals surface area contributed by atoms with Gasteiger partial charge in [-0.3, -0.25) is 0 Å². The Hall–Kier alpha value is 0.0900. The maximum Gasteiger partial charge on any atom is 0.00852 e. The van der Waals surface area contributed by atoms with E-state index in [9.17, 15) is 0 Å². The van der Waals surface area contributed by atoms with Crippen molar-refractivity contribution in [3.05, 3.63) is 12.2 Å². The van der Waals surface area contributed by atoms with E-state index < -0.39 is 0 Å². The topological polar surface area (TPSA) is 0 Å². The predicted octanol–water partition coefficient (Wildman–Crippen LogP) is 4.08. The molecule has 0 aromatic rings. The van der Waals surface area contributed by atoms with Crippen LogP contribution in [0.15, 0.2) is 12.2 Å². The van der Waals surface area contributed by atoms with Crippen molar-refractivity contribution >= 4 is 12.6 Å². The van der Waals surface area contributed by atoms with E-state index in [-0.39, 0.29) is 0 Å². The fourth-order valence-electron chi connectivity index (χ4n) is 2.02. The molecule has 3 unspecified atom stereocenters. The molecule has 0 saturated heterocycles. The first-order valence-corrected chi connectivity index (χ1v) is 6.16. The second kappa shape index (κ2) is 5.74. The molecule has 0 spiro atoms. The summed E-state index contributed by atoms with van der Waals surface area (Å²) in [6.07, 6.45) is 11.4. The molecule has 0 saturated carbocycles.